The third kappa shape index (κ3) is 2.73. The van der Waals surface area contributed by atoms with Gasteiger partial charge in [0.1, 0.15) is 0 Å². The number of carbonyl (C=O) groups excluding carboxylic acids is 1. The Labute approximate surface area is 123 Å². The quantitative estimate of drug-likeness (QED) is 0.678. The first kappa shape index (κ1) is 13.5. The Kier molecular flexibility index (Phi) is 4.03. The van der Waals surface area contributed by atoms with Crippen molar-refractivity contribution in [1.29, 1.82) is 0 Å². The van der Waals surface area contributed by atoms with Crippen LogP contribution in [0.5, 0.6) is 0 Å². The lowest BCUT2D eigenvalue weighted by atomic mass is 9.99. The van der Waals surface area contributed by atoms with E-state index in [1.54, 1.807) is 0 Å². The largest absolute Gasteiger partial charge is 0.289 e. The van der Waals surface area contributed by atoms with Crippen LogP contribution >= 0.6 is 31.9 Å². The van der Waals surface area contributed by atoms with Crippen molar-refractivity contribution >= 4 is 37.6 Å². The summed E-state index contributed by atoms with van der Waals surface area (Å²) in [4.78, 5) is 12.4. The molecule has 92 valence electrons. The summed E-state index contributed by atoms with van der Waals surface area (Å²) in [5.74, 6) is 0.0393. The Morgan fingerprint density at radius 1 is 0.944 bits per heavy atom. The van der Waals surface area contributed by atoms with Crippen molar-refractivity contribution in [2.45, 2.75) is 13.8 Å². The van der Waals surface area contributed by atoms with Crippen LogP contribution in [0, 0.1) is 13.8 Å². The van der Waals surface area contributed by atoms with E-state index in [1.807, 2.05) is 50.2 Å². The number of aryl methyl sites for hydroxylation is 2. The van der Waals surface area contributed by atoms with E-state index in [2.05, 4.69) is 31.9 Å². The van der Waals surface area contributed by atoms with Gasteiger partial charge in [0.15, 0.2) is 5.78 Å². The Balaban J connectivity index is 2.44. The Morgan fingerprint density at radius 3 is 2.28 bits per heavy atom. The molecule has 0 aliphatic rings. The fourth-order valence-corrected chi connectivity index (χ4v) is 2.94. The smallest absolute Gasteiger partial charge is 0.194 e. The number of carbonyl (C=O) groups is 1. The van der Waals surface area contributed by atoms with Gasteiger partial charge < -0.3 is 0 Å². The predicted molar refractivity (Wildman–Crippen MR) is 81.2 cm³/mol. The van der Waals surface area contributed by atoms with Gasteiger partial charge in [0.25, 0.3) is 0 Å². The highest BCUT2D eigenvalue weighted by Crippen LogP contribution is 2.24. The fourth-order valence-electron chi connectivity index (χ4n) is 1.71. The zero-order valence-corrected chi connectivity index (χ0v) is 13.3. The molecule has 0 amide bonds. The maximum Gasteiger partial charge on any atom is 0.194 e. The standard InChI is InChI=1S/C15H12Br2O/c1-9-3-4-11(7-10(9)2)15(18)13-6-5-12(16)8-14(13)17/h3-8H,1-2H3. The summed E-state index contributed by atoms with van der Waals surface area (Å²) in [7, 11) is 0. The zero-order valence-electron chi connectivity index (χ0n) is 10.1. The van der Waals surface area contributed by atoms with Crippen molar-refractivity contribution in [1.82, 2.24) is 0 Å². The third-order valence-electron chi connectivity index (χ3n) is 2.94. The molecule has 0 atom stereocenters. The van der Waals surface area contributed by atoms with Crippen LogP contribution in [0.3, 0.4) is 0 Å². The molecule has 0 aromatic heterocycles. The van der Waals surface area contributed by atoms with Gasteiger partial charge in [-0.3, -0.25) is 4.79 Å². The SMILES string of the molecule is Cc1ccc(C(=O)c2ccc(Br)cc2Br)cc1C. The average Bonchev–Trinajstić information content (AvgIpc) is 2.32. The first-order chi connectivity index (χ1) is 8.49. The predicted octanol–water partition coefficient (Wildman–Crippen LogP) is 5.06. The Hall–Kier alpha value is -0.930. The molecule has 0 radical (unpaired) electrons. The lowest BCUT2D eigenvalue weighted by Gasteiger charge is -2.07. The minimum absolute atomic E-state index is 0.0393. The summed E-state index contributed by atoms with van der Waals surface area (Å²) in [5.41, 5.74) is 3.73. The molecule has 0 N–H and O–H groups in total. The number of halogens is 2. The lowest BCUT2D eigenvalue weighted by molar-refractivity contribution is 0.103. The normalized spacial score (nSPS) is 10.4. The number of hydrogen-bond donors (Lipinski definition) is 0. The van der Waals surface area contributed by atoms with Crippen LogP contribution in [-0.2, 0) is 0 Å². The molecule has 2 rings (SSSR count). The molecule has 2 aromatic carbocycles. The molecular weight excluding hydrogens is 356 g/mol. The summed E-state index contributed by atoms with van der Waals surface area (Å²) >= 11 is 6.81. The van der Waals surface area contributed by atoms with Crippen molar-refractivity contribution < 1.29 is 4.79 Å². The molecule has 2 aromatic rings. The molecule has 0 unspecified atom stereocenters. The summed E-state index contributed by atoms with van der Waals surface area (Å²) < 4.78 is 1.76. The highest BCUT2D eigenvalue weighted by Gasteiger charge is 2.13. The van der Waals surface area contributed by atoms with E-state index >= 15 is 0 Å². The zero-order chi connectivity index (χ0) is 13.3. The van der Waals surface area contributed by atoms with Crippen LogP contribution in [-0.4, -0.2) is 5.78 Å². The maximum atomic E-state index is 12.4. The second-order valence-electron chi connectivity index (χ2n) is 4.25. The van der Waals surface area contributed by atoms with Gasteiger partial charge in [0, 0.05) is 20.1 Å². The van der Waals surface area contributed by atoms with Crippen LogP contribution < -0.4 is 0 Å². The van der Waals surface area contributed by atoms with Gasteiger partial charge >= 0.3 is 0 Å². The molecule has 3 heteroatoms. The highest BCUT2D eigenvalue weighted by molar-refractivity contribution is 9.11. The molecule has 0 heterocycles. The van der Waals surface area contributed by atoms with Crippen molar-refractivity contribution in [3.05, 3.63) is 67.6 Å². The molecule has 1 nitrogen and oxygen atoms in total. The molecule has 0 fully saturated rings. The van der Waals surface area contributed by atoms with Gasteiger partial charge in [-0.1, -0.05) is 28.1 Å². The van der Waals surface area contributed by atoms with Crippen LogP contribution in [0.25, 0.3) is 0 Å². The lowest BCUT2D eigenvalue weighted by Crippen LogP contribution is -2.03. The minimum atomic E-state index is 0.0393. The molecule has 0 saturated heterocycles. The first-order valence-electron chi connectivity index (χ1n) is 5.56. The summed E-state index contributed by atoms with van der Waals surface area (Å²) in [6.07, 6.45) is 0. The average molecular weight is 368 g/mol. The van der Waals surface area contributed by atoms with Crippen LogP contribution in [0.1, 0.15) is 27.0 Å². The fraction of sp³-hybridized carbons (Fsp3) is 0.133. The van der Waals surface area contributed by atoms with E-state index in [9.17, 15) is 4.79 Å². The monoisotopic (exact) mass is 366 g/mol. The minimum Gasteiger partial charge on any atom is -0.289 e. The number of rotatable bonds is 2. The van der Waals surface area contributed by atoms with Crippen LogP contribution in [0.4, 0.5) is 0 Å². The third-order valence-corrected chi connectivity index (χ3v) is 4.09. The van der Waals surface area contributed by atoms with Gasteiger partial charge in [-0.25, -0.2) is 0 Å². The van der Waals surface area contributed by atoms with E-state index in [0.29, 0.717) is 5.56 Å². The summed E-state index contributed by atoms with van der Waals surface area (Å²) in [6, 6.07) is 11.4. The van der Waals surface area contributed by atoms with Crippen molar-refractivity contribution in [2.75, 3.05) is 0 Å². The van der Waals surface area contributed by atoms with Crippen molar-refractivity contribution in [3.8, 4) is 0 Å². The van der Waals surface area contributed by atoms with Gasteiger partial charge in [0.05, 0.1) is 0 Å². The van der Waals surface area contributed by atoms with Crippen molar-refractivity contribution in [2.24, 2.45) is 0 Å². The van der Waals surface area contributed by atoms with Gasteiger partial charge in [-0.05, 0) is 65.2 Å². The molecule has 0 aliphatic carbocycles. The molecule has 0 bridgehead atoms. The Bertz CT molecular complexity index is 618. The number of hydrogen-bond acceptors (Lipinski definition) is 1. The summed E-state index contributed by atoms with van der Waals surface area (Å²) in [6.45, 7) is 4.06. The van der Waals surface area contributed by atoms with Crippen LogP contribution in [0.2, 0.25) is 0 Å². The maximum absolute atomic E-state index is 12.4. The van der Waals surface area contributed by atoms with Gasteiger partial charge in [0.2, 0.25) is 0 Å². The van der Waals surface area contributed by atoms with E-state index in [0.717, 1.165) is 20.1 Å². The molecule has 0 aliphatic heterocycles. The first-order valence-corrected chi connectivity index (χ1v) is 7.14. The van der Waals surface area contributed by atoms with E-state index in [1.165, 1.54) is 5.56 Å². The summed E-state index contributed by atoms with van der Waals surface area (Å²) in [5, 5.41) is 0. The molecular formula is C15H12Br2O. The van der Waals surface area contributed by atoms with E-state index in [4.69, 9.17) is 0 Å². The van der Waals surface area contributed by atoms with Gasteiger partial charge in [-0.2, -0.15) is 0 Å². The molecule has 0 saturated carbocycles. The van der Waals surface area contributed by atoms with E-state index < -0.39 is 0 Å². The second-order valence-corrected chi connectivity index (χ2v) is 6.02. The number of benzene rings is 2. The highest BCUT2D eigenvalue weighted by atomic mass is 79.9. The topological polar surface area (TPSA) is 17.1 Å². The second kappa shape index (κ2) is 5.37. The molecule has 18 heavy (non-hydrogen) atoms. The van der Waals surface area contributed by atoms with Crippen LogP contribution in [0.15, 0.2) is 45.3 Å². The van der Waals surface area contributed by atoms with Crippen molar-refractivity contribution in [3.63, 3.8) is 0 Å². The van der Waals surface area contributed by atoms with Gasteiger partial charge in [-0.15, -0.1) is 0 Å². The Morgan fingerprint density at radius 2 is 1.67 bits per heavy atom. The van der Waals surface area contributed by atoms with E-state index in [-0.39, 0.29) is 5.78 Å². The number of ketones is 1. The molecule has 0 spiro atoms.